The lowest BCUT2D eigenvalue weighted by Gasteiger charge is -2.20. The summed E-state index contributed by atoms with van der Waals surface area (Å²) in [6.07, 6.45) is -9.15. The second-order valence-electron chi connectivity index (χ2n) is 3.84. The van der Waals surface area contributed by atoms with E-state index < -0.39 is 41.5 Å². The second kappa shape index (κ2) is 5.29. The van der Waals surface area contributed by atoms with E-state index in [1.165, 1.54) is 0 Å². The van der Waals surface area contributed by atoms with Crippen LogP contribution in [0, 0.1) is 0 Å². The zero-order valence-electron chi connectivity index (χ0n) is 9.47. The van der Waals surface area contributed by atoms with Gasteiger partial charge in [-0.1, -0.05) is 24.3 Å². The van der Waals surface area contributed by atoms with Crippen molar-refractivity contribution in [3.8, 4) is 0 Å². The van der Waals surface area contributed by atoms with Gasteiger partial charge in [-0.2, -0.15) is 22.0 Å². The minimum Gasteiger partial charge on any atom is -0.481 e. The van der Waals surface area contributed by atoms with Crippen LogP contribution in [0.2, 0.25) is 0 Å². The summed E-state index contributed by atoms with van der Waals surface area (Å²) in [6, 6.07) is 1.59. The number of alkyl halides is 7. The van der Waals surface area contributed by atoms with Gasteiger partial charge in [-0.25, -0.2) is 8.78 Å². The minimum absolute atomic E-state index is 0.279. The standard InChI is InChI=1S/C11H7F7O2/c12-8(13)7(9(19)20)5-1-3-6(4-2-5)10(14,15)11(16,17)18/h1-4,7-8H,(H,19,20). The van der Waals surface area contributed by atoms with Crippen molar-refractivity contribution in [3.05, 3.63) is 35.4 Å². The summed E-state index contributed by atoms with van der Waals surface area (Å²) in [5, 5.41) is 8.55. The average molecular weight is 304 g/mol. The van der Waals surface area contributed by atoms with Crippen LogP contribution in [0.15, 0.2) is 24.3 Å². The molecule has 0 bridgehead atoms. The molecule has 0 radical (unpaired) electrons. The Balaban J connectivity index is 3.15. The lowest BCUT2D eigenvalue weighted by atomic mass is 9.97. The Morgan fingerprint density at radius 1 is 1.00 bits per heavy atom. The summed E-state index contributed by atoms with van der Waals surface area (Å²) < 4.78 is 87.0. The van der Waals surface area contributed by atoms with Gasteiger partial charge in [-0.05, 0) is 5.56 Å². The van der Waals surface area contributed by atoms with Crippen LogP contribution in [0.3, 0.4) is 0 Å². The molecule has 1 unspecified atom stereocenters. The first-order chi connectivity index (χ1) is 8.98. The van der Waals surface area contributed by atoms with Crippen LogP contribution in [0.25, 0.3) is 0 Å². The van der Waals surface area contributed by atoms with Crippen molar-refractivity contribution in [1.29, 1.82) is 0 Å². The van der Waals surface area contributed by atoms with Gasteiger partial charge in [-0.15, -0.1) is 0 Å². The van der Waals surface area contributed by atoms with Gasteiger partial charge in [0.25, 0.3) is 6.43 Å². The Kier molecular flexibility index (Phi) is 4.30. The summed E-state index contributed by atoms with van der Waals surface area (Å²) in [6.45, 7) is 0. The Morgan fingerprint density at radius 2 is 1.45 bits per heavy atom. The molecule has 0 heterocycles. The van der Waals surface area contributed by atoms with E-state index in [2.05, 4.69) is 0 Å². The van der Waals surface area contributed by atoms with Crippen LogP contribution < -0.4 is 0 Å². The van der Waals surface area contributed by atoms with E-state index in [1.807, 2.05) is 0 Å². The van der Waals surface area contributed by atoms with Gasteiger partial charge in [0.2, 0.25) is 0 Å². The van der Waals surface area contributed by atoms with Crippen LogP contribution in [0.4, 0.5) is 30.7 Å². The third-order valence-corrected chi connectivity index (χ3v) is 2.51. The summed E-state index contributed by atoms with van der Waals surface area (Å²) in [4.78, 5) is 10.6. The lowest BCUT2D eigenvalue weighted by molar-refractivity contribution is -0.289. The predicted octanol–water partition coefficient (Wildman–Crippen LogP) is 3.77. The minimum atomic E-state index is -5.83. The Morgan fingerprint density at radius 3 is 1.75 bits per heavy atom. The highest BCUT2D eigenvalue weighted by Crippen LogP contribution is 2.44. The summed E-state index contributed by atoms with van der Waals surface area (Å²) in [5.74, 6) is -9.34. The first-order valence-electron chi connectivity index (χ1n) is 5.04. The zero-order chi connectivity index (χ0) is 15.7. The lowest BCUT2D eigenvalue weighted by Crippen LogP contribution is -2.33. The van der Waals surface area contributed by atoms with E-state index in [9.17, 15) is 35.5 Å². The van der Waals surface area contributed by atoms with Crippen molar-refractivity contribution in [2.24, 2.45) is 0 Å². The third kappa shape index (κ3) is 3.02. The van der Waals surface area contributed by atoms with Crippen LogP contribution >= 0.6 is 0 Å². The third-order valence-electron chi connectivity index (χ3n) is 2.51. The van der Waals surface area contributed by atoms with Gasteiger partial charge in [0.15, 0.2) is 0 Å². The number of rotatable bonds is 4. The maximum atomic E-state index is 12.9. The van der Waals surface area contributed by atoms with E-state index >= 15 is 0 Å². The molecule has 9 heteroatoms. The van der Waals surface area contributed by atoms with Gasteiger partial charge in [-0.3, -0.25) is 4.79 Å². The molecule has 0 aliphatic carbocycles. The SMILES string of the molecule is O=C(O)C(c1ccc(C(F)(F)C(F)(F)F)cc1)C(F)F. The molecule has 0 saturated carbocycles. The van der Waals surface area contributed by atoms with Crippen LogP contribution in [0.5, 0.6) is 0 Å². The molecule has 0 spiro atoms. The number of carboxylic acid groups (broad SMARTS) is 1. The second-order valence-corrected chi connectivity index (χ2v) is 3.84. The largest absolute Gasteiger partial charge is 0.481 e. The Labute approximate surface area is 107 Å². The van der Waals surface area contributed by atoms with Crippen LogP contribution in [-0.4, -0.2) is 23.7 Å². The molecule has 2 nitrogen and oxygen atoms in total. The first kappa shape index (κ1) is 16.3. The van der Waals surface area contributed by atoms with Crippen LogP contribution in [-0.2, 0) is 10.7 Å². The fraction of sp³-hybridized carbons (Fsp3) is 0.364. The molecule has 0 aliphatic rings. The maximum Gasteiger partial charge on any atom is 0.458 e. The molecule has 0 saturated heterocycles. The summed E-state index contributed by atoms with van der Waals surface area (Å²) in [5.41, 5.74) is -2.01. The molecule has 20 heavy (non-hydrogen) atoms. The number of benzene rings is 1. The Bertz CT molecular complexity index is 479. The summed E-state index contributed by atoms with van der Waals surface area (Å²) >= 11 is 0. The molecule has 0 aromatic heterocycles. The van der Waals surface area contributed by atoms with Crippen molar-refractivity contribution >= 4 is 5.97 Å². The normalized spacial score (nSPS) is 14.4. The molecule has 0 aliphatic heterocycles. The molecule has 0 fully saturated rings. The van der Waals surface area contributed by atoms with E-state index in [4.69, 9.17) is 5.11 Å². The van der Waals surface area contributed by atoms with E-state index in [1.54, 1.807) is 0 Å². The predicted molar refractivity (Wildman–Crippen MR) is 52.8 cm³/mol. The number of carboxylic acids is 1. The number of halogens is 7. The van der Waals surface area contributed by atoms with Gasteiger partial charge >= 0.3 is 18.1 Å². The van der Waals surface area contributed by atoms with Crippen molar-refractivity contribution in [2.45, 2.75) is 24.4 Å². The average Bonchev–Trinajstić information content (AvgIpc) is 2.27. The molecule has 1 atom stereocenters. The van der Waals surface area contributed by atoms with Crippen molar-refractivity contribution in [2.75, 3.05) is 0 Å². The van der Waals surface area contributed by atoms with Gasteiger partial charge in [0, 0.05) is 5.56 Å². The van der Waals surface area contributed by atoms with E-state index in [-0.39, 0.29) is 12.1 Å². The van der Waals surface area contributed by atoms with Gasteiger partial charge < -0.3 is 5.11 Å². The quantitative estimate of drug-likeness (QED) is 0.860. The number of hydrogen-bond donors (Lipinski definition) is 1. The highest BCUT2D eigenvalue weighted by molar-refractivity contribution is 5.76. The molecule has 112 valence electrons. The highest BCUT2D eigenvalue weighted by atomic mass is 19.4. The molecule has 1 aromatic carbocycles. The highest BCUT2D eigenvalue weighted by Gasteiger charge is 2.58. The molecule has 1 aromatic rings. The number of hydrogen-bond acceptors (Lipinski definition) is 1. The van der Waals surface area contributed by atoms with E-state index in [0.717, 1.165) is 0 Å². The topological polar surface area (TPSA) is 37.3 Å². The fourth-order valence-corrected chi connectivity index (χ4v) is 1.46. The fourth-order valence-electron chi connectivity index (χ4n) is 1.46. The van der Waals surface area contributed by atoms with Crippen molar-refractivity contribution in [3.63, 3.8) is 0 Å². The first-order valence-corrected chi connectivity index (χ1v) is 5.04. The van der Waals surface area contributed by atoms with Crippen molar-refractivity contribution < 1.29 is 40.6 Å². The molecular formula is C11H7F7O2. The molecule has 1 N–H and O–H groups in total. The Hall–Kier alpha value is -1.80. The molecule has 1 rings (SSSR count). The van der Waals surface area contributed by atoms with Crippen LogP contribution in [0.1, 0.15) is 17.0 Å². The molecule has 0 amide bonds. The number of carbonyl (C=O) groups is 1. The monoisotopic (exact) mass is 304 g/mol. The van der Waals surface area contributed by atoms with E-state index in [0.29, 0.717) is 12.1 Å². The molecular weight excluding hydrogens is 297 g/mol. The summed E-state index contributed by atoms with van der Waals surface area (Å²) in [7, 11) is 0. The maximum absolute atomic E-state index is 12.9. The zero-order valence-corrected chi connectivity index (χ0v) is 9.47. The van der Waals surface area contributed by atoms with Crippen molar-refractivity contribution in [1.82, 2.24) is 0 Å². The van der Waals surface area contributed by atoms with Gasteiger partial charge in [0.05, 0.1) is 0 Å². The van der Waals surface area contributed by atoms with Gasteiger partial charge in [0.1, 0.15) is 5.92 Å². The smallest absolute Gasteiger partial charge is 0.458 e. The number of aliphatic carboxylic acids is 1.